The number of aliphatic imine (C=N–C) groups is 1. The Morgan fingerprint density at radius 2 is 2.25 bits per heavy atom. The van der Waals surface area contributed by atoms with Gasteiger partial charge in [0, 0.05) is 17.4 Å². The molecule has 5 nitrogen and oxygen atoms in total. The average molecular weight is 396 g/mol. The second-order valence-corrected chi connectivity index (χ2v) is 8.11. The normalized spacial score (nSPS) is 23.6. The van der Waals surface area contributed by atoms with Gasteiger partial charge in [0.1, 0.15) is 17.1 Å². The molecule has 0 saturated heterocycles. The lowest BCUT2D eigenvalue weighted by Crippen LogP contribution is -2.38. The average Bonchev–Trinajstić information content (AvgIpc) is 2.85. The third-order valence-electron chi connectivity index (χ3n) is 5.42. The Kier molecular flexibility index (Phi) is 4.93. The minimum Gasteiger partial charge on any atom is -0.379 e. The molecule has 4 rings (SSSR count). The van der Waals surface area contributed by atoms with Crippen molar-refractivity contribution in [3.05, 3.63) is 71.8 Å². The molecule has 1 aliphatic heterocycles. The van der Waals surface area contributed by atoms with E-state index in [9.17, 15) is 9.18 Å². The molecule has 1 aromatic carbocycles. The van der Waals surface area contributed by atoms with Crippen LogP contribution in [0.25, 0.3) is 0 Å². The molecule has 0 saturated carbocycles. The molecule has 2 heterocycles. The number of amides is 1. The standard InChI is InChI=1S/C21H21FN4OS/c1-2-21-14(12-28-20(23)26-21)5-3-4-13-6-8-16(10-17(13)21)25-19(27)18-9-7-15(22)11-24-18/h2,6-11,14H,1,3-5,12H2,(H2,23,26)(H,25,27)/t14-,21+/m1/s1. The molecule has 0 fully saturated rings. The number of halogens is 1. The molecule has 0 spiro atoms. The maximum atomic E-state index is 13.0. The molecule has 0 bridgehead atoms. The van der Waals surface area contributed by atoms with E-state index in [1.807, 2.05) is 24.3 Å². The molecule has 0 unspecified atom stereocenters. The molecule has 28 heavy (non-hydrogen) atoms. The Bertz CT molecular complexity index is 959. The van der Waals surface area contributed by atoms with Crippen LogP contribution in [0.1, 0.15) is 34.5 Å². The topological polar surface area (TPSA) is 80.4 Å². The highest BCUT2D eigenvalue weighted by Crippen LogP contribution is 2.47. The zero-order valence-electron chi connectivity index (χ0n) is 15.3. The van der Waals surface area contributed by atoms with Crippen LogP contribution in [-0.2, 0) is 12.0 Å². The molecular formula is C21H21FN4OS. The van der Waals surface area contributed by atoms with Crippen LogP contribution in [0.4, 0.5) is 10.1 Å². The van der Waals surface area contributed by atoms with Crippen LogP contribution >= 0.6 is 11.8 Å². The highest BCUT2D eigenvalue weighted by molar-refractivity contribution is 8.13. The number of nitrogens with one attached hydrogen (secondary N) is 1. The third kappa shape index (κ3) is 3.30. The molecule has 144 valence electrons. The molecule has 3 N–H and O–H groups in total. The molecule has 2 atom stereocenters. The number of nitrogens with zero attached hydrogens (tertiary/aromatic N) is 2. The highest BCUT2D eigenvalue weighted by atomic mass is 32.2. The van der Waals surface area contributed by atoms with E-state index in [1.165, 1.54) is 17.7 Å². The van der Waals surface area contributed by atoms with Crippen molar-refractivity contribution < 1.29 is 9.18 Å². The number of nitrogens with two attached hydrogens (primary N) is 1. The van der Waals surface area contributed by atoms with Crippen LogP contribution in [0.2, 0.25) is 0 Å². The van der Waals surface area contributed by atoms with Gasteiger partial charge in [0.25, 0.3) is 5.91 Å². The predicted octanol–water partition coefficient (Wildman–Crippen LogP) is 3.87. The van der Waals surface area contributed by atoms with Crippen LogP contribution < -0.4 is 11.1 Å². The predicted molar refractivity (Wildman–Crippen MR) is 111 cm³/mol. The van der Waals surface area contributed by atoms with Crippen molar-refractivity contribution in [1.82, 2.24) is 4.98 Å². The molecule has 2 aliphatic rings. The summed E-state index contributed by atoms with van der Waals surface area (Å²) in [6, 6.07) is 8.45. The zero-order valence-corrected chi connectivity index (χ0v) is 16.1. The number of hydrogen-bond acceptors (Lipinski definition) is 5. The maximum Gasteiger partial charge on any atom is 0.274 e. The first-order valence-corrected chi connectivity index (χ1v) is 10.2. The van der Waals surface area contributed by atoms with E-state index in [1.54, 1.807) is 11.8 Å². The molecule has 1 aromatic heterocycles. The van der Waals surface area contributed by atoms with Gasteiger partial charge in [0.15, 0.2) is 5.17 Å². The van der Waals surface area contributed by atoms with Crippen molar-refractivity contribution in [2.75, 3.05) is 11.1 Å². The van der Waals surface area contributed by atoms with Crippen LogP contribution in [0.3, 0.4) is 0 Å². The number of carbonyl (C=O) groups excluding carboxylic acids is 1. The Labute approximate surface area is 167 Å². The van der Waals surface area contributed by atoms with Gasteiger partial charge in [-0.3, -0.25) is 4.79 Å². The quantitative estimate of drug-likeness (QED) is 0.772. The third-order valence-corrected chi connectivity index (χ3v) is 6.38. The Morgan fingerprint density at radius 3 is 3.00 bits per heavy atom. The first kappa shape index (κ1) is 18.7. The number of benzene rings is 1. The van der Waals surface area contributed by atoms with E-state index in [2.05, 4.69) is 16.9 Å². The Balaban J connectivity index is 1.72. The summed E-state index contributed by atoms with van der Waals surface area (Å²) in [5.74, 6) is 0.344. The number of pyridine rings is 1. The summed E-state index contributed by atoms with van der Waals surface area (Å²) in [5.41, 5.74) is 8.54. The summed E-state index contributed by atoms with van der Waals surface area (Å²) in [6.45, 7) is 4.08. The maximum absolute atomic E-state index is 13.0. The van der Waals surface area contributed by atoms with Crippen molar-refractivity contribution in [2.45, 2.75) is 24.8 Å². The van der Waals surface area contributed by atoms with Gasteiger partial charge < -0.3 is 11.1 Å². The fourth-order valence-corrected chi connectivity index (χ4v) is 5.02. The van der Waals surface area contributed by atoms with Crippen molar-refractivity contribution in [3.63, 3.8) is 0 Å². The molecular weight excluding hydrogens is 375 g/mol. The highest BCUT2D eigenvalue weighted by Gasteiger charge is 2.43. The number of anilines is 1. The smallest absolute Gasteiger partial charge is 0.274 e. The lowest BCUT2D eigenvalue weighted by molar-refractivity contribution is 0.102. The number of thioether (sulfide) groups is 1. The lowest BCUT2D eigenvalue weighted by Gasteiger charge is -2.38. The SMILES string of the molecule is C=C[C@]12N=C(N)SC[C@H]1CCCc1ccc(NC(=O)c3ccc(F)cn3)cc12. The number of fused-ring (bicyclic) bond motifs is 3. The van der Waals surface area contributed by atoms with E-state index in [4.69, 9.17) is 10.7 Å². The van der Waals surface area contributed by atoms with Gasteiger partial charge in [-0.2, -0.15) is 0 Å². The van der Waals surface area contributed by atoms with Crippen LogP contribution in [0.15, 0.2) is 54.2 Å². The lowest BCUT2D eigenvalue weighted by atomic mass is 9.77. The molecule has 2 aromatic rings. The summed E-state index contributed by atoms with van der Waals surface area (Å²) in [6.07, 6.45) is 6.00. The minimum absolute atomic E-state index is 0.156. The monoisotopic (exact) mass is 396 g/mol. The molecule has 1 aliphatic carbocycles. The van der Waals surface area contributed by atoms with Gasteiger partial charge in [0.2, 0.25) is 0 Å². The zero-order chi connectivity index (χ0) is 19.7. The van der Waals surface area contributed by atoms with Gasteiger partial charge in [-0.25, -0.2) is 14.4 Å². The second-order valence-electron chi connectivity index (χ2n) is 7.07. The largest absolute Gasteiger partial charge is 0.379 e. The molecule has 1 amide bonds. The van der Waals surface area contributed by atoms with Crippen LogP contribution in [0.5, 0.6) is 0 Å². The first-order valence-electron chi connectivity index (χ1n) is 9.20. The Morgan fingerprint density at radius 1 is 1.39 bits per heavy atom. The minimum atomic E-state index is -0.573. The van der Waals surface area contributed by atoms with Crippen molar-refractivity contribution in [2.24, 2.45) is 16.6 Å². The summed E-state index contributed by atoms with van der Waals surface area (Å²) in [5, 5.41) is 3.42. The van der Waals surface area contributed by atoms with E-state index in [-0.39, 0.29) is 11.6 Å². The summed E-state index contributed by atoms with van der Waals surface area (Å²) < 4.78 is 13.0. The van der Waals surface area contributed by atoms with Crippen molar-refractivity contribution in [1.29, 1.82) is 0 Å². The van der Waals surface area contributed by atoms with E-state index < -0.39 is 11.4 Å². The van der Waals surface area contributed by atoms with E-state index in [0.717, 1.165) is 36.8 Å². The molecule has 7 heteroatoms. The first-order chi connectivity index (χ1) is 13.5. The van der Waals surface area contributed by atoms with Crippen molar-refractivity contribution in [3.8, 4) is 0 Å². The van der Waals surface area contributed by atoms with Gasteiger partial charge in [-0.15, -0.1) is 6.58 Å². The Hall–Kier alpha value is -2.67. The van der Waals surface area contributed by atoms with Gasteiger partial charge in [-0.05, 0) is 54.7 Å². The number of aromatic nitrogens is 1. The second kappa shape index (κ2) is 7.39. The summed E-state index contributed by atoms with van der Waals surface area (Å²) >= 11 is 1.59. The van der Waals surface area contributed by atoms with Crippen LogP contribution in [-0.4, -0.2) is 21.8 Å². The summed E-state index contributed by atoms with van der Waals surface area (Å²) in [7, 11) is 0. The van der Waals surface area contributed by atoms with E-state index in [0.29, 0.717) is 16.8 Å². The number of hydrogen-bond donors (Lipinski definition) is 2. The molecule has 0 radical (unpaired) electrons. The van der Waals surface area contributed by atoms with Crippen molar-refractivity contribution >= 4 is 28.5 Å². The fraction of sp³-hybridized carbons (Fsp3) is 0.286. The number of aryl methyl sites for hydroxylation is 1. The van der Waals surface area contributed by atoms with Crippen LogP contribution in [0, 0.1) is 11.7 Å². The summed E-state index contributed by atoms with van der Waals surface area (Å²) in [4.78, 5) is 21.1. The number of amidine groups is 1. The van der Waals surface area contributed by atoms with Gasteiger partial charge in [-0.1, -0.05) is 23.9 Å². The van der Waals surface area contributed by atoms with E-state index >= 15 is 0 Å². The van der Waals surface area contributed by atoms with Gasteiger partial charge in [0.05, 0.1) is 6.20 Å². The van der Waals surface area contributed by atoms with Gasteiger partial charge >= 0.3 is 0 Å². The number of carbonyl (C=O) groups is 1. The fourth-order valence-electron chi connectivity index (χ4n) is 4.01. The number of rotatable bonds is 3.